The predicted molar refractivity (Wildman–Crippen MR) is 58.2 cm³/mol. The Hall–Kier alpha value is -1.66. The van der Waals surface area contributed by atoms with Gasteiger partial charge in [0.1, 0.15) is 10.9 Å². The molecular formula is C9H10ClN3O3. The van der Waals surface area contributed by atoms with Crippen LogP contribution < -0.4 is 5.48 Å². The lowest BCUT2D eigenvalue weighted by molar-refractivity contribution is -0.404. The third kappa shape index (κ3) is 4.24. The van der Waals surface area contributed by atoms with E-state index < -0.39 is 4.92 Å². The summed E-state index contributed by atoms with van der Waals surface area (Å²) >= 11 is 5.62. The molecule has 0 aliphatic rings. The molecule has 0 bridgehead atoms. The Morgan fingerprint density at radius 1 is 1.75 bits per heavy atom. The number of hydrogen-bond acceptors (Lipinski definition) is 5. The highest BCUT2D eigenvalue weighted by Crippen LogP contribution is 2.08. The highest BCUT2D eigenvalue weighted by Gasteiger charge is 2.04. The first kappa shape index (κ1) is 12.4. The fourth-order valence-electron chi connectivity index (χ4n) is 1.10. The van der Waals surface area contributed by atoms with E-state index in [2.05, 4.69) is 15.3 Å². The van der Waals surface area contributed by atoms with E-state index >= 15 is 0 Å². The van der Waals surface area contributed by atoms with Crippen molar-refractivity contribution in [2.45, 2.75) is 6.42 Å². The lowest BCUT2D eigenvalue weighted by Crippen LogP contribution is -2.14. The van der Waals surface area contributed by atoms with E-state index in [-0.39, 0.29) is 0 Å². The Balaban J connectivity index is 2.75. The number of pyridine rings is 1. The van der Waals surface area contributed by atoms with Crippen LogP contribution in [0.3, 0.4) is 0 Å². The van der Waals surface area contributed by atoms with Gasteiger partial charge in [-0.2, -0.15) is 0 Å². The molecule has 1 N–H and O–H groups in total. The van der Waals surface area contributed by atoms with Crippen LogP contribution in [0.15, 0.2) is 30.2 Å². The maximum atomic E-state index is 10.3. The van der Waals surface area contributed by atoms with Crippen molar-refractivity contribution < 1.29 is 9.76 Å². The van der Waals surface area contributed by atoms with Crippen LogP contribution in [0.2, 0.25) is 5.15 Å². The number of allylic oxidation sites excluding steroid dienone is 1. The van der Waals surface area contributed by atoms with Gasteiger partial charge in [0.05, 0.1) is 12.0 Å². The molecule has 0 saturated carbocycles. The van der Waals surface area contributed by atoms with E-state index in [0.717, 1.165) is 11.8 Å². The molecule has 6 nitrogen and oxygen atoms in total. The van der Waals surface area contributed by atoms with Gasteiger partial charge >= 0.3 is 0 Å². The Morgan fingerprint density at radius 3 is 3.00 bits per heavy atom. The van der Waals surface area contributed by atoms with Crippen molar-refractivity contribution in [3.8, 4) is 0 Å². The first-order valence-corrected chi connectivity index (χ1v) is 4.73. The van der Waals surface area contributed by atoms with E-state index in [4.69, 9.17) is 11.6 Å². The van der Waals surface area contributed by atoms with Crippen molar-refractivity contribution in [2.75, 3.05) is 7.11 Å². The van der Waals surface area contributed by atoms with E-state index in [1.807, 2.05) is 0 Å². The van der Waals surface area contributed by atoms with Crippen LogP contribution in [0.25, 0.3) is 0 Å². The predicted octanol–water partition coefficient (Wildman–Crippen LogP) is 1.55. The quantitative estimate of drug-likeness (QED) is 0.482. The third-order valence-corrected chi connectivity index (χ3v) is 1.90. The minimum atomic E-state index is -0.551. The summed E-state index contributed by atoms with van der Waals surface area (Å²) in [6, 6.07) is 3.36. The maximum Gasteiger partial charge on any atom is 0.255 e. The molecule has 0 unspecified atom stereocenters. The SMILES string of the molecule is CON/C(=C/[N+](=O)[O-])Cc1ccc(Cl)nc1. The number of aromatic nitrogens is 1. The van der Waals surface area contributed by atoms with Crippen molar-refractivity contribution in [1.29, 1.82) is 0 Å². The van der Waals surface area contributed by atoms with Crippen molar-refractivity contribution >= 4 is 11.6 Å². The zero-order valence-electron chi connectivity index (χ0n) is 8.51. The number of halogens is 1. The second-order valence-corrected chi connectivity index (χ2v) is 3.30. The maximum absolute atomic E-state index is 10.3. The normalized spacial score (nSPS) is 11.2. The number of nitrogens with one attached hydrogen (secondary N) is 1. The first-order chi connectivity index (χ1) is 7.61. The Bertz CT molecular complexity index is 391. The van der Waals surface area contributed by atoms with Gasteiger partial charge in [-0.1, -0.05) is 17.7 Å². The fraction of sp³-hybridized carbons (Fsp3) is 0.222. The molecule has 1 rings (SSSR count). The van der Waals surface area contributed by atoms with Crippen LogP contribution in [-0.4, -0.2) is 17.0 Å². The zero-order valence-corrected chi connectivity index (χ0v) is 9.27. The summed E-state index contributed by atoms with van der Waals surface area (Å²) in [6.45, 7) is 0. The van der Waals surface area contributed by atoms with Crippen LogP contribution in [-0.2, 0) is 11.3 Å². The smallest absolute Gasteiger partial charge is 0.255 e. The van der Waals surface area contributed by atoms with Gasteiger partial charge in [0.25, 0.3) is 6.20 Å². The minimum absolute atomic E-state index is 0.318. The van der Waals surface area contributed by atoms with Crippen LogP contribution in [0.5, 0.6) is 0 Å². The molecule has 86 valence electrons. The topological polar surface area (TPSA) is 77.3 Å². The number of nitrogens with zero attached hydrogens (tertiary/aromatic N) is 2. The van der Waals surface area contributed by atoms with Gasteiger partial charge < -0.3 is 0 Å². The molecule has 0 atom stereocenters. The molecule has 1 heterocycles. The van der Waals surface area contributed by atoms with Gasteiger partial charge in [0.2, 0.25) is 0 Å². The fourth-order valence-corrected chi connectivity index (χ4v) is 1.21. The summed E-state index contributed by atoms with van der Waals surface area (Å²) in [6.07, 6.45) is 2.71. The number of hydroxylamine groups is 1. The van der Waals surface area contributed by atoms with E-state index in [1.165, 1.54) is 7.11 Å². The van der Waals surface area contributed by atoms with Crippen molar-refractivity contribution in [3.63, 3.8) is 0 Å². The van der Waals surface area contributed by atoms with Crippen molar-refractivity contribution in [1.82, 2.24) is 10.5 Å². The summed E-state index contributed by atoms with van der Waals surface area (Å²) in [7, 11) is 1.38. The van der Waals surface area contributed by atoms with Crippen LogP contribution in [0.1, 0.15) is 5.56 Å². The molecule has 0 saturated heterocycles. The molecular weight excluding hydrogens is 234 g/mol. The second kappa shape index (κ2) is 6.04. The summed E-state index contributed by atoms with van der Waals surface area (Å²) in [5, 5.41) is 10.7. The van der Waals surface area contributed by atoms with Crippen molar-refractivity contribution in [2.24, 2.45) is 0 Å². The van der Waals surface area contributed by atoms with Gasteiger partial charge in [0, 0.05) is 12.6 Å². The lowest BCUT2D eigenvalue weighted by atomic mass is 10.2. The third-order valence-electron chi connectivity index (χ3n) is 1.68. The minimum Gasteiger partial charge on any atom is -0.280 e. The number of hydrogen-bond donors (Lipinski definition) is 1. The summed E-state index contributed by atoms with van der Waals surface area (Å²) in [4.78, 5) is 18.3. The monoisotopic (exact) mass is 243 g/mol. The largest absolute Gasteiger partial charge is 0.280 e. The van der Waals surface area contributed by atoms with Gasteiger partial charge in [-0.15, -0.1) is 0 Å². The van der Waals surface area contributed by atoms with E-state index in [1.54, 1.807) is 18.3 Å². The second-order valence-electron chi connectivity index (χ2n) is 2.91. The van der Waals surface area contributed by atoms with Crippen LogP contribution in [0, 0.1) is 10.1 Å². The first-order valence-electron chi connectivity index (χ1n) is 4.35. The molecule has 1 aromatic heterocycles. The number of rotatable bonds is 5. The van der Waals surface area contributed by atoms with Gasteiger partial charge in [-0.05, 0) is 11.6 Å². The molecule has 7 heteroatoms. The molecule has 0 aliphatic carbocycles. The average molecular weight is 244 g/mol. The lowest BCUT2D eigenvalue weighted by Gasteiger charge is -2.05. The van der Waals surface area contributed by atoms with Gasteiger partial charge in [-0.3, -0.25) is 20.4 Å². The van der Waals surface area contributed by atoms with Crippen molar-refractivity contribution in [3.05, 3.63) is 51.1 Å². The highest BCUT2D eigenvalue weighted by molar-refractivity contribution is 6.29. The van der Waals surface area contributed by atoms with E-state index in [9.17, 15) is 10.1 Å². The Kier molecular flexibility index (Phi) is 4.68. The zero-order chi connectivity index (χ0) is 12.0. The van der Waals surface area contributed by atoms with E-state index in [0.29, 0.717) is 17.3 Å². The summed E-state index contributed by atoms with van der Waals surface area (Å²) in [5.41, 5.74) is 3.56. The van der Waals surface area contributed by atoms with Gasteiger partial charge in [-0.25, -0.2) is 4.98 Å². The highest BCUT2D eigenvalue weighted by atomic mass is 35.5. The van der Waals surface area contributed by atoms with Crippen LogP contribution >= 0.6 is 11.6 Å². The molecule has 0 radical (unpaired) electrons. The van der Waals surface area contributed by atoms with Gasteiger partial charge in [0.15, 0.2) is 0 Å². The molecule has 1 aromatic rings. The number of nitro groups is 1. The Labute approximate surface area is 97.0 Å². The molecule has 0 fully saturated rings. The summed E-state index contributed by atoms with van der Waals surface area (Å²) in [5.74, 6) is 0. The average Bonchev–Trinajstić information content (AvgIpc) is 2.21. The summed E-state index contributed by atoms with van der Waals surface area (Å²) < 4.78 is 0. The standard InChI is InChI=1S/C9H10ClN3O3/c1-16-12-8(6-13(14)15)4-7-2-3-9(10)11-5-7/h2-3,5-6,12H,4H2,1H3/b8-6+. The van der Waals surface area contributed by atoms with Crippen LogP contribution in [0.4, 0.5) is 0 Å². The molecule has 0 aliphatic heterocycles. The molecule has 0 aromatic carbocycles. The molecule has 0 spiro atoms. The Morgan fingerprint density at radius 2 is 2.50 bits per heavy atom. The molecule has 16 heavy (non-hydrogen) atoms. The molecule has 0 amide bonds.